The standard InChI is InChI=1S/C43H64N6O10/c1-12-33-43(8)37(49(41(54)59-43)19-14-13-18-48-23-31(45-46-48)29-16-15-17-30(44)21-29)26(4)34(50)24(2)22-42(7,55-11)38(27(5)35(51)28(6)39(53)57-33)58-40-36(52)32(47(9)10)20-25(3)56-40/h15-17,21,23-25,27-28,32-33,36-38,40,52H,4,12-14,18-20,22,44H2,1-3,5-11H3/t24-,25?,27+,28-,32?,33-,36?,37-,38-,40+,42-,43-/m1/s1. The number of cyclic esters (lactones) is 1. The van der Waals surface area contributed by atoms with Crippen molar-refractivity contribution in [3.05, 3.63) is 42.6 Å². The molecule has 3 unspecified atom stereocenters. The number of unbranched alkanes of at least 4 members (excludes halogenated alkanes) is 1. The van der Waals surface area contributed by atoms with E-state index in [1.54, 1.807) is 45.4 Å². The summed E-state index contributed by atoms with van der Waals surface area (Å²) in [5, 5.41) is 20.0. The number of methoxy groups -OCH3 is 1. The minimum Gasteiger partial charge on any atom is -0.457 e. The Kier molecular flexibility index (Phi) is 14.4. The van der Waals surface area contributed by atoms with Crippen LogP contribution >= 0.6 is 0 Å². The van der Waals surface area contributed by atoms with Gasteiger partial charge in [-0.15, -0.1) is 5.10 Å². The summed E-state index contributed by atoms with van der Waals surface area (Å²) in [5.74, 6) is -4.65. The van der Waals surface area contributed by atoms with Crippen molar-refractivity contribution in [1.29, 1.82) is 0 Å². The van der Waals surface area contributed by atoms with Crippen LogP contribution in [0.15, 0.2) is 42.6 Å². The summed E-state index contributed by atoms with van der Waals surface area (Å²) in [4.78, 5) is 60.1. The van der Waals surface area contributed by atoms with Crippen LogP contribution < -0.4 is 5.73 Å². The minimum atomic E-state index is -1.52. The Morgan fingerprint density at radius 1 is 1.08 bits per heavy atom. The molecule has 5 rings (SSSR count). The molecular weight excluding hydrogens is 761 g/mol. The Bertz CT molecular complexity index is 1850. The molecule has 3 saturated heterocycles. The van der Waals surface area contributed by atoms with Gasteiger partial charge < -0.3 is 39.4 Å². The van der Waals surface area contributed by atoms with E-state index in [0.29, 0.717) is 37.2 Å². The van der Waals surface area contributed by atoms with Crippen LogP contribution in [-0.4, -0.2) is 135 Å². The van der Waals surface area contributed by atoms with Gasteiger partial charge in [0.15, 0.2) is 23.5 Å². The number of nitrogen functional groups attached to an aromatic ring is 1. The summed E-state index contributed by atoms with van der Waals surface area (Å²) >= 11 is 0. The van der Waals surface area contributed by atoms with E-state index < -0.39 is 77.4 Å². The molecule has 0 aliphatic carbocycles. The zero-order valence-corrected chi connectivity index (χ0v) is 36.3. The molecule has 3 fully saturated rings. The number of carbonyl (C=O) groups is 4. The first-order valence-corrected chi connectivity index (χ1v) is 20.7. The number of aliphatic hydroxyl groups excluding tert-OH is 1. The van der Waals surface area contributed by atoms with Gasteiger partial charge in [0.25, 0.3) is 0 Å². The van der Waals surface area contributed by atoms with E-state index in [4.69, 9.17) is 29.4 Å². The molecule has 0 saturated carbocycles. The highest BCUT2D eigenvalue weighted by molar-refractivity contribution is 6.01. The molecule has 3 N–H and O–H groups in total. The van der Waals surface area contributed by atoms with Gasteiger partial charge in [-0.1, -0.05) is 44.7 Å². The van der Waals surface area contributed by atoms with Crippen molar-refractivity contribution in [2.75, 3.05) is 33.5 Å². The Balaban J connectivity index is 1.43. The van der Waals surface area contributed by atoms with Crippen molar-refractivity contribution in [3.63, 3.8) is 0 Å². The number of ether oxygens (including phenoxy) is 5. The number of fused-ring (bicyclic) bond motifs is 1. The number of amides is 1. The highest BCUT2D eigenvalue weighted by Crippen LogP contribution is 2.42. The van der Waals surface area contributed by atoms with Crippen molar-refractivity contribution in [2.24, 2.45) is 17.8 Å². The third-order valence-corrected chi connectivity index (χ3v) is 12.5. The SMILES string of the molecule is C=C1C(=O)[C@H](C)C[C@@](C)(OC)[C@H](O[C@@H]2OC(C)CC(N(C)C)C2O)[C@@H](C)C(=O)[C@@H](C)C(=O)O[C@H](CC)[C@@]2(C)OC(=O)N(CCCCn3cc(-c4cccc(N)c4)nn3)[C@H]12. The number of esters is 1. The average Bonchev–Trinajstić information content (AvgIpc) is 3.77. The fourth-order valence-electron chi connectivity index (χ4n) is 9.07. The van der Waals surface area contributed by atoms with Gasteiger partial charge in [0.2, 0.25) is 0 Å². The van der Waals surface area contributed by atoms with E-state index in [0.717, 1.165) is 5.56 Å². The van der Waals surface area contributed by atoms with Crippen LogP contribution in [0, 0.1) is 17.8 Å². The largest absolute Gasteiger partial charge is 0.457 e. The zero-order valence-electron chi connectivity index (χ0n) is 36.3. The highest BCUT2D eigenvalue weighted by Gasteiger charge is 2.59. The molecule has 16 heteroatoms. The molecule has 3 aliphatic rings. The molecule has 2 aromatic rings. The second kappa shape index (κ2) is 18.6. The molecule has 0 bridgehead atoms. The fraction of sp³-hybridized carbons (Fsp3) is 0.674. The Morgan fingerprint density at radius 3 is 2.42 bits per heavy atom. The smallest absolute Gasteiger partial charge is 0.411 e. The number of likely N-dealkylation sites (N-methyl/N-ethyl adjacent to an activating group) is 1. The van der Waals surface area contributed by atoms with Crippen molar-refractivity contribution < 1.29 is 48.0 Å². The maximum absolute atomic E-state index is 14.6. The summed E-state index contributed by atoms with van der Waals surface area (Å²) in [6.07, 6.45) is -1.51. The number of benzene rings is 1. The topological polar surface area (TPSA) is 198 Å². The highest BCUT2D eigenvalue weighted by atomic mass is 16.7. The van der Waals surface area contributed by atoms with Gasteiger partial charge >= 0.3 is 12.1 Å². The molecule has 59 heavy (non-hydrogen) atoms. The van der Waals surface area contributed by atoms with Crippen LogP contribution in [0.3, 0.4) is 0 Å². The number of carbonyl (C=O) groups excluding carboxylic acids is 4. The number of nitrogens with zero attached hydrogens (tertiary/aromatic N) is 5. The summed E-state index contributed by atoms with van der Waals surface area (Å²) in [5.41, 5.74) is 5.37. The first kappa shape index (κ1) is 45.9. The Labute approximate surface area is 347 Å². The number of Topliss-reactive ketones (excluding diaryl/α,β-unsaturated/α-hetero) is 2. The molecule has 3 aliphatic heterocycles. The van der Waals surface area contributed by atoms with E-state index >= 15 is 0 Å². The first-order valence-electron chi connectivity index (χ1n) is 20.7. The van der Waals surface area contributed by atoms with Gasteiger partial charge in [-0.2, -0.15) is 0 Å². The maximum atomic E-state index is 14.6. The minimum absolute atomic E-state index is 0.0584. The molecule has 16 nitrogen and oxygen atoms in total. The number of ketones is 2. The van der Waals surface area contributed by atoms with Crippen LogP contribution in [0.4, 0.5) is 10.5 Å². The summed E-state index contributed by atoms with van der Waals surface area (Å²) in [6.45, 7) is 16.9. The molecular formula is C43H64N6O10. The lowest BCUT2D eigenvalue weighted by atomic mass is 9.75. The van der Waals surface area contributed by atoms with Crippen molar-refractivity contribution in [2.45, 2.75) is 141 Å². The third kappa shape index (κ3) is 9.57. The van der Waals surface area contributed by atoms with E-state index in [9.17, 15) is 24.3 Å². The second-order valence-corrected chi connectivity index (χ2v) is 17.2. The quantitative estimate of drug-likeness (QED) is 0.106. The second-order valence-electron chi connectivity index (χ2n) is 17.2. The number of aliphatic hydroxyl groups is 1. The Morgan fingerprint density at radius 2 is 1.78 bits per heavy atom. The lowest BCUT2D eigenvalue weighted by molar-refractivity contribution is -0.295. The monoisotopic (exact) mass is 824 g/mol. The van der Waals surface area contributed by atoms with E-state index in [1.807, 2.05) is 50.3 Å². The van der Waals surface area contributed by atoms with Crippen LogP contribution in [0.25, 0.3) is 11.3 Å². The molecule has 1 aromatic heterocycles. The molecule has 1 amide bonds. The van der Waals surface area contributed by atoms with Crippen LogP contribution in [-0.2, 0) is 44.6 Å². The summed E-state index contributed by atoms with van der Waals surface area (Å²) < 4.78 is 32.8. The van der Waals surface area contributed by atoms with Crippen LogP contribution in [0.5, 0.6) is 0 Å². The molecule has 1 aromatic carbocycles. The van der Waals surface area contributed by atoms with Crippen molar-refractivity contribution in [3.8, 4) is 11.3 Å². The fourth-order valence-corrected chi connectivity index (χ4v) is 9.07. The first-order chi connectivity index (χ1) is 27.8. The van der Waals surface area contributed by atoms with Crippen LogP contribution in [0.2, 0.25) is 0 Å². The van der Waals surface area contributed by atoms with E-state index in [-0.39, 0.29) is 42.9 Å². The van der Waals surface area contributed by atoms with Gasteiger partial charge in [0.05, 0.1) is 24.0 Å². The maximum Gasteiger partial charge on any atom is 0.411 e. The lowest BCUT2D eigenvalue weighted by Gasteiger charge is -2.47. The molecule has 0 radical (unpaired) electrons. The zero-order chi connectivity index (χ0) is 43.6. The third-order valence-electron chi connectivity index (χ3n) is 12.5. The van der Waals surface area contributed by atoms with Crippen molar-refractivity contribution in [1.82, 2.24) is 24.8 Å². The molecule has 0 spiro atoms. The summed E-state index contributed by atoms with van der Waals surface area (Å²) in [7, 11) is 5.19. The molecule has 4 heterocycles. The van der Waals surface area contributed by atoms with Gasteiger partial charge in [0, 0.05) is 54.9 Å². The number of hydrogen-bond donors (Lipinski definition) is 2. The van der Waals surface area contributed by atoms with E-state index in [1.165, 1.54) is 18.9 Å². The van der Waals surface area contributed by atoms with Gasteiger partial charge in [-0.05, 0) is 86.0 Å². The number of hydrogen-bond acceptors (Lipinski definition) is 14. The normalized spacial score (nSPS) is 35.1. The lowest BCUT2D eigenvalue weighted by Crippen LogP contribution is -2.59. The number of nitrogens with two attached hydrogens (primary N) is 1. The summed E-state index contributed by atoms with van der Waals surface area (Å²) in [6, 6.07) is 6.08. The number of rotatable bonds is 11. The molecule has 12 atom stereocenters. The Hall–Kier alpha value is -4.22. The van der Waals surface area contributed by atoms with Crippen LogP contribution in [0.1, 0.15) is 80.6 Å². The number of anilines is 1. The predicted octanol–water partition coefficient (Wildman–Crippen LogP) is 4.43. The number of aromatic nitrogens is 3. The van der Waals surface area contributed by atoms with Gasteiger partial charge in [-0.25, -0.2) is 4.79 Å². The van der Waals surface area contributed by atoms with Gasteiger partial charge in [0.1, 0.15) is 29.9 Å². The molecule has 326 valence electrons. The van der Waals surface area contributed by atoms with E-state index in [2.05, 4.69) is 16.9 Å². The van der Waals surface area contributed by atoms with Crippen molar-refractivity contribution >= 4 is 29.3 Å². The number of aryl methyl sites for hydroxylation is 1. The predicted molar refractivity (Wildman–Crippen MR) is 219 cm³/mol. The average molecular weight is 825 g/mol. The van der Waals surface area contributed by atoms with Gasteiger partial charge in [-0.3, -0.25) is 24.0 Å².